The first-order chi connectivity index (χ1) is 8.99. The lowest BCUT2D eigenvalue weighted by molar-refractivity contribution is -0.147. The predicted octanol–water partition coefficient (Wildman–Crippen LogP) is 0.370. The Kier molecular flexibility index (Phi) is 3.50. The Hall–Kier alpha value is -2.37. The zero-order valence-electron chi connectivity index (χ0n) is 10.00. The minimum absolute atomic E-state index is 0.383. The topological polar surface area (TPSA) is 104 Å². The van der Waals surface area contributed by atoms with Gasteiger partial charge in [0, 0.05) is 0 Å². The average Bonchev–Trinajstić information content (AvgIpc) is 2.29. The molecule has 0 saturated carbocycles. The van der Waals surface area contributed by atoms with Gasteiger partial charge >= 0.3 is 11.9 Å². The summed E-state index contributed by atoms with van der Waals surface area (Å²) in [6.07, 6.45) is -0.0726. The number of hydrogen-bond donors (Lipinski definition) is 3. The van der Waals surface area contributed by atoms with E-state index in [0.29, 0.717) is 6.42 Å². The van der Waals surface area contributed by atoms with Gasteiger partial charge in [0.2, 0.25) is 5.91 Å². The van der Waals surface area contributed by atoms with Crippen LogP contribution in [-0.4, -0.2) is 34.1 Å². The van der Waals surface area contributed by atoms with Gasteiger partial charge in [0.15, 0.2) is 0 Å². The summed E-state index contributed by atoms with van der Waals surface area (Å²) in [5.41, 5.74) is 1.94. The number of rotatable bonds is 5. The summed E-state index contributed by atoms with van der Waals surface area (Å²) < 4.78 is 0. The van der Waals surface area contributed by atoms with E-state index in [9.17, 15) is 14.4 Å². The van der Waals surface area contributed by atoms with Crippen LogP contribution in [0.15, 0.2) is 24.3 Å². The molecule has 1 aliphatic rings. The third-order valence-corrected chi connectivity index (χ3v) is 3.16. The van der Waals surface area contributed by atoms with Crippen LogP contribution in [0.4, 0.5) is 0 Å². The normalized spacial score (nSPS) is 17.8. The molecule has 1 amide bonds. The molecule has 2 rings (SSSR count). The maximum atomic E-state index is 11.9. The number of benzene rings is 1. The van der Waals surface area contributed by atoms with Gasteiger partial charge in [-0.3, -0.25) is 9.59 Å². The summed E-state index contributed by atoms with van der Waals surface area (Å²) in [5.74, 6) is -3.43. The van der Waals surface area contributed by atoms with Crippen molar-refractivity contribution < 1.29 is 24.6 Å². The zero-order chi connectivity index (χ0) is 14.0. The predicted molar refractivity (Wildman–Crippen MR) is 64.7 cm³/mol. The van der Waals surface area contributed by atoms with E-state index in [1.54, 1.807) is 0 Å². The number of nitrogens with one attached hydrogen (secondary N) is 1. The van der Waals surface area contributed by atoms with E-state index in [0.717, 1.165) is 11.1 Å². The van der Waals surface area contributed by atoms with Gasteiger partial charge in [0.1, 0.15) is 6.04 Å². The second-order valence-electron chi connectivity index (χ2n) is 4.45. The van der Waals surface area contributed by atoms with Crippen LogP contribution in [-0.2, 0) is 20.8 Å². The van der Waals surface area contributed by atoms with E-state index in [1.165, 1.54) is 0 Å². The highest BCUT2D eigenvalue weighted by molar-refractivity contribution is 5.91. The van der Waals surface area contributed by atoms with E-state index >= 15 is 0 Å². The summed E-state index contributed by atoms with van der Waals surface area (Å²) in [5, 5.41) is 19.7. The molecule has 1 aliphatic carbocycles. The average molecular weight is 263 g/mol. The van der Waals surface area contributed by atoms with E-state index in [-0.39, 0.29) is 5.92 Å². The van der Waals surface area contributed by atoms with Crippen molar-refractivity contribution in [2.75, 3.05) is 0 Å². The maximum absolute atomic E-state index is 11.9. The van der Waals surface area contributed by atoms with Gasteiger partial charge in [-0.05, 0) is 17.5 Å². The van der Waals surface area contributed by atoms with Crippen LogP contribution in [0.2, 0.25) is 0 Å². The fourth-order valence-electron chi connectivity index (χ4n) is 2.14. The van der Waals surface area contributed by atoms with Crippen molar-refractivity contribution in [2.45, 2.75) is 24.8 Å². The number of carboxylic acids is 2. The molecule has 6 nitrogen and oxygen atoms in total. The van der Waals surface area contributed by atoms with E-state index in [1.807, 2.05) is 24.3 Å². The summed E-state index contributed by atoms with van der Waals surface area (Å²) in [6.45, 7) is 0. The molecule has 0 saturated heterocycles. The Balaban J connectivity index is 2.02. The quantitative estimate of drug-likeness (QED) is 0.712. The van der Waals surface area contributed by atoms with Crippen LogP contribution in [0.1, 0.15) is 23.5 Å². The standard InChI is InChI=1S/C13H13NO5/c15-11(16)6-10(13(18)19)14-12(17)9-5-7-3-1-2-4-8(7)9/h1-4,9-10H,5-6H2,(H,14,17)(H,15,16)(H,18,19)/t9?,10-/m0/s1. The summed E-state index contributed by atoms with van der Waals surface area (Å²) in [4.78, 5) is 33.3. The Bertz CT molecular complexity index is 540. The second kappa shape index (κ2) is 5.09. The van der Waals surface area contributed by atoms with E-state index in [2.05, 4.69) is 5.32 Å². The first-order valence-corrected chi connectivity index (χ1v) is 5.82. The number of carbonyl (C=O) groups is 3. The van der Waals surface area contributed by atoms with Crippen molar-refractivity contribution in [3.63, 3.8) is 0 Å². The van der Waals surface area contributed by atoms with Crippen molar-refractivity contribution >= 4 is 17.8 Å². The molecular formula is C13H13NO5. The first kappa shape index (κ1) is 13.1. The summed E-state index contributed by atoms with van der Waals surface area (Å²) >= 11 is 0. The SMILES string of the molecule is O=C(O)C[C@H](NC(=O)C1Cc2ccccc21)C(=O)O. The van der Waals surface area contributed by atoms with Crippen molar-refractivity contribution in [1.82, 2.24) is 5.32 Å². The van der Waals surface area contributed by atoms with Gasteiger partial charge in [-0.15, -0.1) is 0 Å². The van der Waals surface area contributed by atoms with Crippen LogP contribution in [0, 0.1) is 0 Å². The monoisotopic (exact) mass is 263 g/mol. The molecule has 1 aromatic carbocycles. The minimum atomic E-state index is -1.39. The highest BCUT2D eigenvalue weighted by atomic mass is 16.4. The lowest BCUT2D eigenvalue weighted by atomic mass is 9.77. The molecule has 100 valence electrons. The molecule has 3 N–H and O–H groups in total. The van der Waals surface area contributed by atoms with Gasteiger partial charge in [-0.25, -0.2) is 4.79 Å². The maximum Gasteiger partial charge on any atom is 0.326 e. The van der Waals surface area contributed by atoms with E-state index in [4.69, 9.17) is 10.2 Å². The van der Waals surface area contributed by atoms with Gasteiger partial charge in [-0.1, -0.05) is 24.3 Å². The van der Waals surface area contributed by atoms with Crippen LogP contribution >= 0.6 is 0 Å². The van der Waals surface area contributed by atoms with Gasteiger partial charge in [-0.2, -0.15) is 0 Å². The minimum Gasteiger partial charge on any atom is -0.481 e. The molecule has 0 bridgehead atoms. The number of fused-ring (bicyclic) bond motifs is 1. The number of aliphatic carboxylic acids is 2. The first-order valence-electron chi connectivity index (χ1n) is 5.82. The van der Waals surface area contributed by atoms with Crippen LogP contribution in [0.5, 0.6) is 0 Å². The van der Waals surface area contributed by atoms with Gasteiger partial charge < -0.3 is 15.5 Å². The molecule has 0 aromatic heterocycles. The molecule has 1 unspecified atom stereocenters. The number of carboxylic acid groups (broad SMARTS) is 2. The van der Waals surface area contributed by atoms with Crippen molar-refractivity contribution in [3.05, 3.63) is 35.4 Å². The Morgan fingerprint density at radius 3 is 2.53 bits per heavy atom. The molecule has 0 spiro atoms. The van der Waals surface area contributed by atoms with Crippen molar-refractivity contribution in [3.8, 4) is 0 Å². The molecule has 2 atom stereocenters. The molecule has 1 aromatic rings. The third-order valence-electron chi connectivity index (χ3n) is 3.16. The van der Waals surface area contributed by atoms with Crippen LogP contribution in [0.3, 0.4) is 0 Å². The number of hydrogen-bond acceptors (Lipinski definition) is 3. The number of amides is 1. The fraction of sp³-hybridized carbons (Fsp3) is 0.308. The summed E-state index contributed by atoms with van der Waals surface area (Å²) in [7, 11) is 0. The lowest BCUT2D eigenvalue weighted by Crippen LogP contribution is -2.46. The Morgan fingerprint density at radius 2 is 1.95 bits per heavy atom. The summed E-state index contributed by atoms with van der Waals surface area (Å²) in [6, 6.07) is 6.01. The molecular weight excluding hydrogens is 250 g/mol. The highest BCUT2D eigenvalue weighted by Gasteiger charge is 2.34. The van der Waals surface area contributed by atoms with Crippen LogP contribution < -0.4 is 5.32 Å². The molecule has 0 radical (unpaired) electrons. The van der Waals surface area contributed by atoms with Crippen LogP contribution in [0.25, 0.3) is 0 Å². The number of carbonyl (C=O) groups excluding carboxylic acids is 1. The largest absolute Gasteiger partial charge is 0.481 e. The molecule has 0 fully saturated rings. The second-order valence-corrected chi connectivity index (χ2v) is 4.45. The zero-order valence-corrected chi connectivity index (χ0v) is 10.00. The highest BCUT2D eigenvalue weighted by Crippen LogP contribution is 2.34. The molecule has 6 heteroatoms. The molecule has 0 aliphatic heterocycles. The molecule has 0 heterocycles. The van der Waals surface area contributed by atoms with Crippen molar-refractivity contribution in [1.29, 1.82) is 0 Å². The molecule has 19 heavy (non-hydrogen) atoms. The fourth-order valence-corrected chi connectivity index (χ4v) is 2.14. The smallest absolute Gasteiger partial charge is 0.326 e. The van der Waals surface area contributed by atoms with Crippen molar-refractivity contribution in [2.24, 2.45) is 0 Å². The van der Waals surface area contributed by atoms with E-state index < -0.39 is 30.3 Å². The Labute approximate surface area is 109 Å². The third kappa shape index (κ3) is 2.73. The Morgan fingerprint density at radius 1 is 1.26 bits per heavy atom. The van der Waals surface area contributed by atoms with Gasteiger partial charge in [0.25, 0.3) is 0 Å². The van der Waals surface area contributed by atoms with Gasteiger partial charge in [0.05, 0.1) is 12.3 Å². The lowest BCUT2D eigenvalue weighted by Gasteiger charge is -2.29.